The number of fused-ring (bicyclic) bond motifs is 4. The Hall–Kier alpha value is -2.70. The first-order valence-electron chi connectivity index (χ1n) is 10.2. The summed E-state index contributed by atoms with van der Waals surface area (Å²) in [6, 6.07) is 13.0. The maximum atomic E-state index is 13.5. The lowest BCUT2D eigenvalue weighted by Gasteiger charge is -2.27. The highest BCUT2D eigenvalue weighted by Gasteiger charge is 2.23. The third-order valence-corrected chi connectivity index (χ3v) is 6.43. The van der Waals surface area contributed by atoms with Crippen LogP contribution < -0.4 is 14.8 Å². The molecule has 0 amide bonds. The first-order chi connectivity index (χ1) is 14.7. The Balaban J connectivity index is 1.16. The van der Waals surface area contributed by atoms with Crippen LogP contribution in [0.5, 0.6) is 11.5 Å². The molecule has 4 nitrogen and oxygen atoms in total. The predicted molar refractivity (Wildman–Crippen MR) is 119 cm³/mol. The van der Waals surface area contributed by atoms with Crippen molar-refractivity contribution in [1.29, 1.82) is 0 Å². The van der Waals surface area contributed by atoms with E-state index < -0.39 is 0 Å². The molecule has 30 heavy (non-hydrogen) atoms. The first-order valence-corrected chi connectivity index (χ1v) is 11.1. The molecule has 5 rings (SSSR count). The summed E-state index contributed by atoms with van der Waals surface area (Å²) in [5.41, 5.74) is 3.13. The highest BCUT2D eigenvalue weighted by Crippen LogP contribution is 2.38. The van der Waals surface area contributed by atoms with Gasteiger partial charge in [-0.25, -0.2) is 4.39 Å². The molecule has 0 fully saturated rings. The molecule has 0 spiro atoms. The summed E-state index contributed by atoms with van der Waals surface area (Å²) in [6.45, 7) is 4.10. The molecule has 3 heterocycles. The number of rotatable bonds is 6. The number of halogens is 1. The molecule has 1 aliphatic rings. The standard InChI is InChI=1S/C24H23FN2O2S/c1-15-4-6-19-21(27-15)7-8-22-24(19)29-18(13-28-22)12-26-10-2-3-16-14-30-23-9-5-17(25)11-20(16)23/h4-9,11,14,18,26H,2-3,10,12-13H2,1H3/t18-/m0/s1. The van der Waals surface area contributed by atoms with Crippen LogP contribution in [0.3, 0.4) is 0 Å². The monoisotopic (exact) mass is 422 g/mol. The summed E-state index contributed by atoms with van der Waals surface area (Å²) >= 11 is 1.68. The van der Waals surface area contributed by atoms with E-state index in [1.807, 2.05) is 37.3 Å². The van der Waals surface area contributed by atoms with E-state index in [2.05, 4.69) is 15.7 Å². The largest absolute Gasteiger partial charge is 0.486 e. The van der Waals surface area contributed by atoms with Gasteiger partial charge in [0.15, 0.2) is 11.5 Å². The lowest BCUT2D eigenvalue weighted by molar-refractivity contribution is 0.0925. The molecule has 4 aromatic rings. The van der Waals surface area contributed by atoms with Crippen LogP contribution in [0, 0.1) is 12.7 Å². The van der Waals surface area contributed by atoms with Crippen molar-refractivity contribution >= 4 is 32.3 Å². The van der Waals surface area contributed by atoms with Gasteiger partial charge in [-0.15, -0.1) is 11.3 Å². The molecule has 1 N–H and O–H groups in total. The van der Waals surface area contributed by atoms with E-state index in [0.717, 1.165) is 57.6 Å². The second-order valence-electron chi connectivity index (χ2n) is 7.67. The Bertz CT molecular complexity index is 1210. The Morgan fingerprint density at radius 2 is 2.10 bits per heavy atom. The van der Waals surface area contributed by atoms with E-state index in [9.17, 15) is 4.39 Å². The van der Waals surface area contributed by atoms with Gasteiger partial charge in [-0.05, 0) is 85.1 Å². The van der Waals surface area contributed by atoms with Gasteiger partial charge < -0.3 is 14.8 Å². The van der Waals surface area contributed by atoms with Gasteiger partial charge in [0.05, 0.1) is 5.52 Å². The number of nitrogens with one attached hydrogen (secondary N) is 1. The summed E-state index contributed by atoms with van der Waals surface area (Å²) < 4.78 is 26.8. The van der Waals surface area contributed by atoms with Crippen LogP contribution in [0.25, 0.3) is 21.0 Å². The Morgan fingerprint density at radius 3 is 3.03 bits per heavy atom. The van der Waals surface area contributed by atoms with Crippen molar-refractivity contribution in [3.63, 3.8) is 0 Å². The zero-order valence-corrected chi connectivity index (χ0v) is 17.6. The van der Waals surface area contributed by atoms with Crippen LogP contribution in [-0.4, -0.2) is 30.8 Å². The number of nitrogens with zero attached hydrogens (tertiary/aromatic N) is 1. The van der Waals surface area contributed by atoms with Crippen molar-refractivity contribution in [3.8, 4) is 11.5 Å². The number of thiophene rings is 1. The maximum Gasteiger partial charge on any atom is 0.171 e. The fourth-order valence-corrected chi connectivity index (χ4v) is 4.87. The zero-order valence-electron chi connectivity index (χ0n) is 16.8. The first kappa shape index (κ1) is 19.3. The van der Waals surface area contributed by atoms with Gasteiger partial charge in [0.2, 0.25) is 0 Å². The topological polar surface area (TPSA) is 43.4 Å². The normalized spacial score (nSPS) is 15.7. The summed E-state index contributed by atoms with van der Waals surface area (Å²) in [4.78, 5) is 4.57. The van der Waals surface area contributed by atoms with Crippen LogP contribution in [0.4, 0.5) is 4.39 Å². The average molecular weight is 423 g/mol. The summed E-state index contributed by atoms with van der Waals surface area (Å²) in [6.07, 6.45) is 1.87. The van der Waals surface area contributed by atoms with E-state index in [1.165, 1.54) is 11.6 Å². The average Bonchev–Trinajstić information content (AvgIpc) is 3.15. The molecular weight excluding hydrogens is 399 g/mol. The van der Waals surface area contributed by atoms with Crippen LogP contribution in [-0.2, 0) is 6.42 Å². The molecule has 0 radical (unpaired) electrons. The quantitative estimate of drug-likeness (QED) is 0.431. The highest BCUT2D eigenvalue weighted by atomic mass is 32.1. The molecule has 1 aliphatic heterocycles. The number of benzene rings is 2. The molecule has 0 bridgehead atoms. The molecule has 6 heteroatoms. The smallest absolute Gasteiger partial charge is 0.171 e. The van der Waals surface area contributed by atoms with Gasteiger partial charge in [-0.2, -0.15) is 0 Å². The fraction of sp³-hybridized carbons (Fsp3) is 0.292. The van der Waals surface area contributed by atoms with Crippen molar-refractivity contribution in [2.75, 3.05) is 19.7 Å². The zero-order chi connectivity index (χ0) is 20.5. The summed E-state index contributed by atoms with van der Waals surface area (Å²) in [5, 5.41) is 7.64. The van der Waals surface area contributed by atoms with E-state index in [1.54, 1.807) is 17.4 Å². The van der Waals surface area contributed by atoms with Gasteiger partial charge >= 0.3 is 0 Å². The molecule has 154 valence electrons. The van der Waals surface area contributed by atoms with Gasteiger partial charge in [0.25, 0.3) is 0 Å². The third kappa shape index (κ3) is 3.85. The molecule has 0 saturated heterocycles. The Morgan fingerprint density at radius 1 is 1.17 bits per heavy atom. The van der Waals surface area contributed by atoms with Crippen molar-refractivity contribution in [2.24, 2.45) is 0 Å². The lowest BCUT2D eigenvalue weighted by Crippen LogP contribution is -2.38. The maximum absolute atomic E-state index is 13.5. The van der Waals surface area contributed by atoms with Crippen molar-refractivity contribution in [3.05, 3.63) is 64.9 Å². The molecule has 0 aliphatic carbocycles. The second-order valence-corrected chi connectivity index (χ2v) is 8.58. The third-order valence-electron chi connectivity index (χ3n) is 5.42. The van der Waals surface area contributed by atoms with Gasteiger partial charge in [-0.1, -0.05) is 0 Å². The highest BCUT2D eigenvalue weighted by molar-refractivity contribution is 7.17. The number of aryl methyl sites for hydroxylation is 2. The Kier molecular flexibility index (Phi) is 5.27. The van der Waals surface area contributed by atoms with Crippen molar-refractivity contribution < 1.29 is 13.9 Å². The minimum atomic E-state index is -0.173. The summed E-state index contributed by atoms with van der Waals surface area (Å²) in [7, 11) is 0. The molecule has 2 aromatic carbocycles. The number of hydrogen-bond donors (Lipinski definition) is 1. The minimum Gasteiger partial charge on any atom is -0.486 e. The Labute approximate surface area is 178 Å². The van der Waals surface area contributed by atoms with Gasteiger partial charge in [0.1, 0.15) is 18.5 Å². The predicted octanol–water partition coefficient (Wildman–Crippen LogP) is 5.26. The van der Waals surface area contributed by atoms with E-state index in [0.29, 0.717) is 13.2 Å². The van der Waals surface area contributed by atoms with Gasteiger partial charge in [-0.3, -0.25) is 4.98 Å². The molecule has 1 atom stereocenters. The molecule has 2 aromatic heterocycles. The van der Waals surface area contributed by atoms with Crippen LogP contribution in [0.1, 0.15) is 17.7 Å². The van der Waals surface area contributed by atoms with Crippen LogP contribution in [0.15, 0.2) is 47.8 Å². The minimum absolute atomic E-state index is 0.0412. The number of pyridine rings is 1. The second kappa shape index (κ2) is 8.20. The lowest BCUT2D eigenvalue weighted by atomic mass is 10.1. The van der Waals surface area contributed by atoms with Crippen molar-refractivity contribution in [1.82, 2.24) is 10.3 Å². The van der Waals surface area contributed by atoms with Crippen LogP contribution >= 0.6 is 11.3 Å². The van der Waals surface area contributed by atoms with E-state index >= 15 is 0 Å². The fourth-order valence-electron chi connectivity index (χ4n) is 3.89. The molecular formula is C24H23FN2O2S. The number of hydrogen-bond acceptors (Lipinski definition) is 5. The van der Waals surface area contributed by atoms with E-state index in [-0.39, 0.29) is 11.9 Å². The number of aromatic nitrogens is 1. The van der Waals surface area contributed by atoms with Gasteiger partial charge in [0, 0.05) is 22.3 Å². The van der Waals surface area contributed by atoms with Crippen LogP contribution in [0.2, 0.25) is 0 Å². The SMILES string of the molecule is Cc1ccc2c3c(ccc2n1)OC[C@H](CNCCCc1csc2ccc(F)cc12)O3. The van der Waals surface area contributed by atoms with E-state index in [4.69, 9.17) is 9.47 Å². The molecule has 0 saturated carbocycles. The molecule has 0 unspecified atom stereocenters. The summed E-state index contributed by atoms with van der Waals surface area (Å²) in [5.74, 6) is 1.39. The van der Waals surface area contributed by atoms with Crippen molar-refractivity contribution in [2.45, 2.75) is 25.9 Å². The number of ether oxygens (including phenoxy) is 2.